The molecule has 0 saturated carbocycles. The summed E-state index contributed by atoms with van der Waals surface area (Å²) in [6, 6.07) is 5.74. The van der Waals surface area contributed by atoms with Crippen LogP contribution in [0.4, 0.5) is 4.39 Å². The third-order valence-electron chi connectivity index (χ3n) is 2.29. The van der Waals surface area contributed by atoms with Gasteiger partial charge in [-0.3, -0.25) is 0 Å². The maximum absolute atomic E-state index is 12.7. The molecule has 0 bridgehead atoms. The van der Waals surface area contributed by atoms with Gasteiger partial charge in [-0.2, -0.15) is 8.42 Å². The fourth-order valence-corrected chi connectivity index (χ4v) is 3.64. The largest absolute Gasteiger partial charge is 0.465 e. The van der Waals surface area contributed by atoms with Crippen LogP contribution in [0, 0.1) is 5.82 Å². The van der Waals surface area contributed by atoms with Gasteiger partial charge in [0, 0.05) is 0 Å². The molecule has 0 N–H and O–H groups in total. The van der Waals surface area contributed by atoms with Gasteiger partial charge in [0.15, 0.2) is 0 Å². The normalized spacial score (nSPS) is 11.1. The Bertz CT molecular complexity index is 719. The number of hydrogen-bond acceptors (Lipinski definition) is 6. The van der Waals surface area contributed by atoms with Gasteiger partial charge >= 0.3 is 16.1 Å². The number of methoxy groups -OCH3 is 1. The first-order valence-corrected chi connectivity index (χ1v) is 7.58. The lowest BCUT2D eigenvalue weighted by molar-refractivity contribution is 0.0602. The van der Waals surface area contributed by atoms with Crippen molar-refractivity contribution in [3.8, 4) is 5.75 Å². The highest BCUT2D eigenvalue weighted by Crippen LogP contribution is 2.26. The molecule has 5 nitrogen and oxygen atoms in total. The molecule has 1 heterocycles. The first-order valence-electron chi connectivity index (χ1n) is 5.30. The average Bonchev–Trinajstić information content (AvgIpc) is 2.90. The van der Waals surface area contributed by atoms with Crippen molar-refractivity contribution in [2.24, 2.45) is 0 Å². The second-order valence-corrected chi connectivity index (χ2v) is 6.03. The van der Waals surface area contributed by atoms with Crippen LogP contribution in [0.15, 0.2) is 40.6 Å². The van der Waals surface area contributed by atoms with E-state index in [9.17, 15) is 17.6 Å². The number of halogens is 1. The Hall–Kier alpha value is -1.93. The summed E-state index contributed by atoms with van der Waals surface area (Å²) in [5, 5.41) is 1.44. The van der Waals surface area contributed by atoms with Crippen molar-refractivity contribution in [2.75, 3.05) is 7.11 Å². The van der Waals surface area contributed by atoms with Crippen LogP contribution in [0.5, 0.6) is 5.75 Å². The zero-order valence-electron chi connectivity index (χ0n) is 10.2. The highest BCUT2D eigenvalue weighted by Gasteiger charge is 2.26. The number of esters is 1. The van der Waals surface area contributed by atoms with Gasteiger partial charge in [-0.05, 0) is 35.7 Å². The number of hydrogen-bond donors (Lipinski definition) is 0. The van der Waals surface area contributed by atoms with Gasteiger partial charge in [0.25, 0.3) is 0 Å². The summed E-state index contributed by atoms with van der Waals surface area (Å²) in [6.45, 7) is 0. The highest BCUT2D eigenvalue weighted by atomic mass is 32.2. The SMILES string of the molecule is COC(=O)c1sccc1S(=O)(=O)Oc1ccc(F)cc1. The molecule has 0 aliphatic rings. The molecule has 0 spiro atoms. The Morgan fingerprint density at radius 1 is 1.20 bits per heavy atom. The molecule has 20 heavy (non-hydrogen) atoms. The summed E-state index contributed by atoms with van der Waals surface area (Å²) < 4.78 is 46.2. The molecule has 0 unspecified atom stereocenters. The zero-order valence-corrected chi connectivity index (χ0v) is 11.8. The van der Waals surface area contributed by atoms with Crippen LogP contribution in [-0.2, 0) is 14.9 Å². The van der Waals surface area contributed by atoms with E-state index in [0.717, 1.165) is 30.6 Å². The van der Waals surface area contributed by atoms with Gasteiger partial charge < -0.3 is 8.92 Å². The number of carbonyl (C=O) groups excluding carboxylic acids is 1. The predicted octanol–water partition coefficient (Wildman–Crippen LogP) is 2.44. The minimum atomic E-state index is -4.18. The van der Waals surface area contributed by atoms with Crippen molar-refractivity contribution in [2.45, 2.75) is 4.90 Å². The summed E-state index contributed by atoms with van der Waals surface area (Å²) in [4.78, 5) is 11.1. The van der Waals surface area contributed by atoms with Crippen molar-refractivity contribution in [3.63, 3.8) is 0 Å². The molecule has 2 rings (SSSR count). The van der Waals surface area contributed by atoms with E-state index in [1.807, 2.05) is 0 Å². The first-order chi connectivity index (χ1) is 9.44. The molecule has 0 saturated heterocycles. The van der Waals surface area contributed by atoms with E-state index < -0.39 is 21.9 Å². The molecule has 106 valence electrons. The molecule has 0 aliphatic heterocycles. The van der Waals surface area contributed by atoms with Crippen LogP contribution in [0.1, 0.15) is 9.67 Å². The van der Waals surface area contributed by atoms with Crippen molar-refractivity contribution in [1.82, 2.24) is 0 Å². The Kier molecular flexibility index (Phi) is 4.05. The second-order valence-electron chi connectivity index (χ2n) is 3.60. The van der Waals surface area contributed by atoms with Crippen LogP contribution in [0.3, 0.4) is 0 Å². The Morgan fingerprint density at radius 3 is 2.45 bits per heavy atom. The number of thiophene rings is 1. The lowest BCUT2D eigenvalue weighted by atomic mass is 10.3. The average molecular weight is 316 g/mol. The summed E-state index contributed by atoms with van der Waals surface area (Å²) >= 11 is 0.928. The number of rotatable bonds is 4. The molecular formula is C12H9FO5S2. The summed E-state index contributed by atoms with van der Waals surface area (Å²) in [6.07, 6.45) is 0. The Labute approximate surface area is 118 Å². The van der Waals surface area contributed by atoms with E-state index in [2.05, 4.69) is 4.74 Å². The van der Waals surface area contributed by atoms with Gasteiger partial charge in [-0.1, -0.05) is 0 Å². The summed E-state index contributed by atoms with van der Waals surface area (Å²) in [5.74, 6) is -1.32. The van der Waals surface area contributed by atoms with Gasteiger partial charge in [0.2, 0.25) is 0 Å². The summed E-state index contributed by atoms with van der Waals surface area (Å²) in [5.41, 5.74) is 0. The van der Waals surface area contributed by atoms with E-state index in [0.29, 0.717) is 0 Å². The topological polar surface area (TPSA) is 69.7 Å². The van der Waals surface area contributed by atoms with Gasteiger partial charge in [0.05, 0.1) is 7.11 Å². The Balaban J connectivity index is 2.34. The lowest BCUT2D eigenvalue weighted by Crippen LogP contribution is -2.13. The first kappa shape index (κ1) is 14.5. The fraction of sp³-hybridized carbons (Fsp3) is 0.0833. The molecule has 1 aromatic heterocycles. The molecule has 0 aliphatic carbocycles. The maximum Gasteiger partial charge on any atom is 0.349 e. The molecule has 8 heteroatoms. The molecular weight excluding hydrogens is 307 g/mol. The zero-order chi connectivity index (χ0) is 14.8. The van der Waals surface area contributed by atoms with Crippen LogP contribution >= 0.6 is 11.3 Å². The monoisotopic (exact) mass is 316 g/mol. The van der Waals surface area contributed by atoms with Crippen molar-refractivity contribution >= 4 is 27.4 Å². The smallest absolute Gasteiger partial charge is 0.349 e. The number of ether oxygens (including phenoxy) is 1. The van der Waals surface area contributed by atoms with Crippen molar-refractivity contribution in [1.29, 1.82) is 0 Å². The Morgan fingerprint density at radius 2 is 1.85 bits per heavy atom. The number of carbonyl (C=O) groups is 1. The third-order valence-corrected chi connectivity index (χ3v) is 4.60. The maximum atomic E-state index is 12.7. The van der Waals surface area contributed by atoms with E-state index >= 15 is 0 Å². The molecule has 0 amide bonds. The van der Waals surface area contributed by atoms with Gasteiger partial charge in [0.1, 0.15) is 21.3 Å². The lowest BCUT2D eigenvalue weighted by Gasteiger charge is -2.07. The molecule has 0 fully saturated rings. The van der Waals surface area contributed by atoms with Crippen molar-refractivity contribution in [3.05, 3.63) is 46.4 Å². The van der Waals surface area contributed by atoms with Gasteiger partial charge in [-0.25, -0.2) is 9.18 Å². The summed E-state index contributed by atoms with van der Waals surface area (Å²) in [7, 11) is -3.03. The van der Waals surface area contributed by atoms with Crippen LogP contribution < -0.4 is 4.18 Å². The van der Waals surface area contributed by atoms with E-state index in [4.69, 9.17) is 4.18 Å². The predicted molar refractivity (Wildman–Crippen MR) is 69.9 cm³/mol. The molecule has 0 radical (unpaired) electrons. The quantitative estimate of drug-likeness (QED) is 0.640. The van der Waals surface area contributed by atoms with E-state index in [-0.39, 0.29) is 15.5 Å². The molecule has 0 atom stereocenters. The van der Waals surface area contributed by atoms with Crippen LogP contribution in [0.25, 0.3) is 0 Å². The minimum Gasteiger partial charge on any atom is -0.465 e. The highest BCUT2D eigenvalue weighted by molar-refractivity contribution is 7.87. The standard InChI is InChI=1S/C12H9FO5S2/c1-17-12(14)11-10(6-7-19-11)20(15,16)18-9-4-2-8(13)3-5-9/h2-7H,1H3. The van der Waals surface area contributed by atoms with E-state index in [1.54, 1.807) is 0 Å². The minimum absolute atomic E-state index is 0.0478. The third kappa shape index (κ3) is 2.97. The van der Waals surface area contributed by atoms with Gasteiger partial charge in [-0.15, -0.1) is 11.3 Å². The van der Waals surface area contributed by atoms with E-state index in [1.165, 1.54) is 23.6 Å². The van der Waals surface area contributed by atoms with Crippen LogP contribution in [-0.4, -0.2) is 21.5 Å². The van der Waals surface area contributed by atoms with Crippen LogP contribution in [0.2, 0.25) is 0 Å². The van der Waals surface area contributed by atoms with Crippen molar-refractivity contribution < 1.29 is 26.5 Å². The fourth-order valence-electron chi connectivity index (χ4n) is 1.40. The molecule has 2 aromatic rings. The number of benzene rings is 1. The molecule has 1 aromatic carbocycles. The second kappa shape index (κ2) is 5.59.